The summed E-state index contributed by atoms with van der Waals surface area (Å²) in [5.41, 5.74) is 4.52. The van der Waals surface area contributed by atoms with E-state index < -0.39 is 0 Å². The number of likely N-dealkylation sites (N-methyl/N-ethyl adjacent to an activating group) is 2. The first-order valence-electron chi connectivity index (χ1n) is 6.70. The van der Waals surface area contributed by atoms with Crippen LogP contribution in [0.3, 0.4) is 0 Å². The van der Waals surface area contributed by atoms with E-state index in [2.05, 4.69) is 47.7 Å². The number of rotatable bonds is 4. The van der Waals surface area contributed by atoms with Gasteiger partial charge in [0.05, 0.1) is 0 Å². The van der Waals surface area contributed by atoms with Gasteiger partial charge in [-0.05, 0) is 18.7 Å². The SMILES string of the molecule is C[N-]CC[N-]C.Cc1cc[c-]c(-c2cc(C)ccn2)c1.[Pt]. The van der Waals surface area contributed by atoms with Crippen molar-refractivity contribution in [2.24, 2.45) is 0 Å². The zero-order valence-electron chi connectivity index (χ0n) is 13.0. The van der Waals surface area contributed by atoms with Crippen LogP contribution >= 0.6 is 0 Å². The van der Waals surface area contributed by atoms with E-state index in [0.29, 0.717) is 0 Å². The van der Waals surface area contributed by atoms with Crippen LogP contribution < -0.4 is 0 Å². The summed E-state index contributed by atoms with van der Waals surface area (Å²) in [4.78, 5) is 4.32. The van der Waals surface area contributed by atoms with Gasteiger partial charge in [-0.25, -0.2) is 0 Å². The number of hydrogen-bond donors (Lipinski definition) is 0. The minimum atomic E-state index is 0. The molecule has 0 aliphatic carbocycles. The molecule has 0 radical (unpaired) electrons. The molecule has 1 aromatic carbocycles. The molecule has 0 amide bonds. The van der Waals surface area contributed by atoms with Crippen molar-refractivity contribution < 1.29 is 21.1 Å². The standard InChI is InChI=1S/C13H12N.C4H10N2.Pt/c1-10-4-3-5-12(8-10)13-9-11(2)6-7-14-13;1-5-3-4-6-2;/h3-4,6-9H,1-2H3;3-4H2,1-2H3;/q-1;-2;. The van der Waals surface area contributed by atoms with Crippen molar-refractivity contribution in [1.29, 1.82) is 0 Å². The third-order valence-corrected chi connectivity index (χ3v) is 2.70. The molecule has 4 heteroatoms. The molecule has 1 aromatic heterocycles. The Morgan fingerprint density at radius 2 is 1.62 bits per heavy atom. The number of benzene rings is 1. The third kappa shape index (κ3) is 8.11. The maximum absolute atomic E-state index is 4.32. The van der Waals surface area contributed by atoms with Gasteiger partial charge in [-0.1, -0.05) is 18.6 Å². The number of aromatic nitrogens is 1. The van der Waals surface area contributed by atoms with Crippen molar-refractivity contribution in [3.8, 4) is 11.3 Å². The Bertz CT molecular complexity index is 467. The fourth-order valence-electron chi connectivity index (χ4n) is 1.61. The fraction of sp³-hybridized carbons (Fsp3) is 0.353. The summed E-state index contributed by atoms with van der Waals surface area (Å²) in [6, 6.07) is 13.3. The second-order valence-corrected chi connectivity index (χ2v) is 4.58. The van der Waals surface area contributed by atoms with Gasteiger partial charge in [-0.15, -0.1) is 35.4 Å². The third-order valence-electron chi connectivity index (χ3n) is 2.70. The molecule has 3 nitrogen and oxygen atoms in total. The summed E-state index contributed by atoms with van der Waals surface area (Å²) in [5.74, 6) is 0. The predicted molar refractivity (Wildman–Crippen MR) is 86.3 cm³/mol. The minimum absolute atomic E-state index is 0. The van der Waals surface area contributed by atoms with Gasteiger partial charge >= 0.3 is 0 Å². The van der Waals surface area contributed by atoms with Crippen LogP contribution in [0.2, 0.25) is 0 Å². The summed E-state index contributed by atoms with van der Waals surface area (Å²) in [7, 11) is 3.59. The van der Waals surface area contributed by atoms with Crippen LogP contribution in [0.4, 0.5) is 0 Å². The zero-order chi connectivity index (χ0) is 14.8. The van der Waals surface area contributed by atoms with Crippen LogP contribution in [-0.4, -0.2) is 32.2 Å². The Morgan fingerprint density at radius 3 is 2.14 bits per heavy atom. The fourth-order valence-corrected chi connectivity index (χ4v) is 1.61. The molecule has 0 bridgehead atoms. The largest absolute Gasteiger partial charge is 0.666 e. The van der Waals surface area contributed by atoms with Crippen LogP contribution in [0.5, 0.6) is 0 Å². The first-order chi connectivity index (χ1) is 9.67. The first kappa shape index (κ1) is 20.0. The molecule has 2 aromatic rings. The van der Waals surface area contributed by atoms with Gasteiger partial charge in [0.25, 0.3) is 0 Å². The maximum atomic E-state index is 4.32. The molecular formula is C17H22N3Pt-3. The Hall–Kier alpha value is -1.02. The van der Waals surface area contributed by atoms with E-state index in [0.717, 1.165) is 24.3 Å². The molecule has 118 valence electrons. The van der Waals surface area contributed by atoms with Crippen molar-refractivity contribution >= 4 is 0 Å². The molecule has 0 atom stereocenters. The molecule has 0 N–H and O–H groups in total. The Morgan fingerprint density at radius 1 is 1.00 bits per heavy atom. The van der Waals surface area contributed by atoms with Crippen LogP contribution in [0.15, 0.2) is 36.5 Å². The van der Waals surface area contributed by atoms with E-state index >= 15 is 0 Å². The summed E-state index contributed by atoms with van der Waals surface area (Å²) < 4.78 is 0. The average Bonchev–Trinajstić information content (AvgIpc) is 2.46. The van der Waals surface area contributed by atoms with Gasteiger partial charge in [0.2, 0.25) is 0 Å². The van der Waals surface area contributed by atoms with E-state index in [4.69, 9.17) is 0 Å². The Balaban J connectivity index is 0.000000495. The smallest absolute Gasteiger partial charge is 0.0163 e. The number of aryl methyl sites for hydroxylation is 2. The van der Waals surface area contributed by atoms with Gasteiger partial charge in [-0.2, -0.15) is 27.2 Å². The normalized spacial score (nSPS) is 9.33. The molecule has 0 saturated carbocycles. The molecule has 0 spiro atoms. The summed E-state index contributed by atoms with van der Waals surface area (Å²) in [5, 5.41) is 7.66. The molecule has 0 aliphatic rings. The van der Waals surface area contributed by atoms with Gasteiger partial charge in [0, 0.05) is 27.3 Å². The van der Waals surface area contributed by atoms with Gasteiger partial charge < -0.3 is 15.6 Å². The van der Waals surface area contributed by atoms with E-state index in [1.165, 1.54) is 11.1 Å². The zero-order valence-corrected chi connectivity index (χ0v) is 15.3. The molecule has 0 aliphatic heterocycles. The number of nitrogens with zero attached hydrogens (tertiary/aromatic N) is 3. The summed E-state index contributed by atoms with van der Waals surface area (Å²) >= 11 is 0. The van der Waals surface area contributed by atoms with E-state index in [9.17, 15) is 0 Å². The second-order valence-electron chi connectivity index (χ2n) is 4.58. The number of pyridine rings is 1. The van der Waals surface area contributed by atoms with E-state index in [1.807, 2.05) is 24.4 Å². The Kier molecular flexibility index (Phi) is 11.1. The summed E-state index contributed by atoms with van der Waals surface area (Å²) in [6.07, 6.45) is 1.83. The van der Waals surface area contributed by atoms with Crippen LogP contribution in [0.1, 0.15) is 11.1 Å². The molecule has 0 fully saturated rings. The average molecular weight is 463 g/mol. The van der Waals surface area contributed by atoms with Gasteiger partial charge in [0.1, 0.15) is 0 Å². The molecular weight excluding hydrogens is 441 g/mol. The van der Waals surface area contributed by atoms with Crippen molar-refractivity contribution in [1.82, 2.24) is 4.98 Å². The van der Waals surface area contributed by atoms with Crippen molar-refractivity contribution in [2.75, 3.05) is 27.2 Å². The van der Waals surface area contributed by atoms with E-state index in [-0.39, 0.29) is 21.1 Å². The first-order valence-corrected chi connectivity index (χ1v) is 6.70. The van der Waals surface area contributed by atoms with Gasteiger partial charge in [0.15, 0.2) is 0 Å². The van der Waals surface area contributed by atoms with Crippen molar-refractivity contribution in [3.63, 3.8) is 0 Å². The molecule has 2 rings (SSSR count). The summed E-state index contributed by atoms with van der Waals surface area (Å²) in [6.45, 7) is 5.89. The quantitative estimate of drug-likeness (QED) is 0.496. The van der Waals surface area contributed by atoms with Crippen LogP contribution in [0, 0.1) is 19.9 Å². The maximum Gasteiger partial charge on any atom is 0.0163 e. The van der Waals surface area contributed by atoms with Crippen LogP contribution in [-0.2, 0) is 21.1 Å². The molecule has 21 heavy (non-hydrogen) atoms. The monoisotopic (exact) mass is 463 g/mol. The van der Waals surface area contributed by atoms with Gasteiger partial charge in [-0.3, -0.25) is 0 Å². The molecule has 1 heterocycles. The van der Waals surface area contributed by atoms with E-state index in [1.54, 1.807) is 14.1 Å². The predicted octanol–water partition coefficient (Wildman–Crippen LogP) is 4.16. The number of hydrogen-bond acceptors (Lipinski definition) is 1. The topological polar surface area (TPSA) is 41.1 Å². The minimum Gasteiger partial charge on any atom is -0.666 e. The van der Waals surface area contributed by atoms with Crippen molar-refractivity contribution in [3.05, 3.63) is 64.4 Å². The van der Waals surface area contributed by atoms with Crippen LogP contribution in [0.25, 0.3) is 21.9 Å². The second kappa shape index (κ2) is 11.6. The molecule has 0 unspecified atom stereocenters. The van der Waals surface area contributed by atoms with Crippen molar-refractivity contribution in [2.45, 2.75) is 13.8 Å². The molecule has 0 saturated heterocycles. The Labute approximate surface area is 142 Å².